The Morgan fingerprint density at radius 3 is 2.65 bits per heavy atom. The predicted octanol–water partition coefficient (Wildman–Crippen LogP) is 4.47. The highest BCUT2D eigenvalue weighted by Crippen LogP contribution is 2.40. The van der Waals surface area contributed by atoms with Crippen LogP contribution in [0.5, 0.6) is 5.75 Å². The topological polar surface area (TPSA) is 72.3 Å². The van der Waals surface area contributed by atoms with E-state index >= 15 is 0 Å². The molecule has 1 N–H and O–H groups in total. The maximum absolute atomic E-state index is 13.2. The van der Waals surface area contributed by atoms with Crippen LogP contribution in [-0.4, -0.2) is 52.8 Å². The molecule has 0 unspecified atom stereocenters. The lowest BCUT2D eigenvalue weighted by atomic mass is 10.1. The molecule has 1 aliphatic carbocycles. The van der Waals surface area contributed by atoms with Gasteiger partial charge in [0.05, 0.1) is 23.8 Å². The molecule has 4 rings (SSSR count). The van der Waals surface area contributed by atoms with Crippen LogP contribution in [0.15, 0.2) is 36.5 Å². The number of hydrogen-bond donors (Lipinski definition) is 1. The van der Waals surface area contributed by atoms with Crippen molar-refractivity contribution >= 4 is 22.6 Å². The third kappa shape index (κ3) is 5.05. The summed E-state index contributed by atoms with van der Waals surface area (Å²) in [5, 5.41) is 8.29. The molecule has 0 aliphatic heterocycles. The van der Waals surface area contributed by atoms with Crippen LogP contribution in [0, 0.1) is 0 Å². The van der Waals surface area contributed by atoms with Crippen LogP contribution in [0.3, 0.4) is 0 Å². The van der Waals surface area contributed by atoms with Crippen molar-refractivity contribution in [3.05, 3.63) is 47.8 Å². The first-order chi connectivity index (χ1) is 14.9. The molecule has 0 radical (unpaired) electrons. The minimum atomic E-state index is -0.141. The van der Waals surface area contributed by atoms with Crippen molar-refractivity contribution in [2.24, 2.45) is 0 Å². The number of hydrogen-bond acceptors (Lipinski definition) is 5. The van der Waals surface area contributed by atoms with Gasteiger partial charge < -0.3 is 15.0 Å². The van der Waals surface area contributed by atoms with E-state index < -0.39 is 0 Å². The molecule has 31 heavy (non-hydrogen) atoms. The van der Waals surface area contributed by atoms with Gasteiger partial charge in [0.1, 0.15) is 5.75 Å². The molecule has 1 amide bonds. The highest BCUT2D eigenvalue weighted by molar-refractivity contribution is 6.12. The van der Waals surface area contributed by atoms with Crippen LogP contribution in [-0.2, 0) is 0 Å². The van der Waals surface area contributed by atoms with Gasteiger partial charge in [0, 0.05) is 29.9 Å². The first-order valence-corrected chi connectivity index (χ1v) is 11.0. The normalized spacial score (nSPS) is 13.9. The number of aromatic nitrogens is 3. The molecule has 164 valence electrons. The predicted molar refractivity (Wildman–Crippen MR) is 123 cm³/mol. The Bertz CT molecular complexity index is 1050. The van der Waals surface area contributed by atoms with E-state index in [1.165, 1.54) is 0 Å². The molecule has 0 bridgehead atoms. The number of ether oxygens (including phenoxy) is 1. The minimum Gasteiger partial charge on any atom is -0.494 e. The molecule has 1 aliphatic rings. The number of carbonyl (C=O) groups is 1. The van der Waals surface area contributed by atoms with Gasteiger partial charge in [0.2, 0.25) is 0 Å². The van der Waals surface area contributed by atoms with Crippen LogP contribution in [0.1, 0.15) is 61.1 Å². The molecule has 1 fully saturated rings. The highest BCUT2D eigenvalue weighted by atomic mass is 16.5. The first-order valence-electron chi connectivity index (χ1n) is 11.0. The Morgan fingerprint density at radius 2 is 2.00 bits per heavy atom. The van der Waals surface area contributed by atoms with Gasteiger partial charge in [-0.2, -0.15) is 5.10 Å². The van der Waals surface area contributed by atoms with Crippen molar-refractivity contribution in [3.63, 3.8) is 0 Å². The summed E-state index contributed by atoms with van der Waals surface area (Å²) in [5.41, 5.74) is 3.13. The van der Waals surface area contributed by atoms with Crippen molar-refractivity contribution < 1.29 is 9.53 Å². The van der Waals surface area contributed by atoms with Gasteiger partial charge in [0.15, 0.2) is 5.65 Å². The van der Waals surface area contributed by atoms with Gasteiger partial charge in [-0.25, -0.2) is 9.67 Å². The number of nitrogens with zero attached hydrogens (tertiary/aromatic N) is 4. The number of benzene rings is 1. The number of carbonyl (C=O) groups excluding carboxylic acids is 1. The molecular formula is C24H31N5O2. The van der Waals surface area contributed by atoms with Gasteiger partial charge in [0.25, 0.3) is 5.91 Å². The molecular weight excluding hydrogens is 390 g/mol. The second kappa shape index (κ2) is 9.06. The summed E-state index contributed by atoms with van der Waals surface area (Å²) in [7, 11) is 4.10. The van der Waals surface area contributed by atoms with Crippen molar-refractivity contribution in [2.75, 3.05) is 32.6 Å². The number of amides is 1. The smallest absolute Gasteiger partial charge is 0.256 e. The third-order valence-electron chi connectivity index (χ3n) is 5.45. The lowest BCUT2D eigenvalue weighted by molar-refractivity contribution is 0.102. The molecule has 1 saturated carbocycles. The SMILES string of the molecule is CC(C)n1ncc2c(C(=O)Nc3ccc(OCCCN(C)C)cc3)cc(C3CC3)nc21. The zero-order valence-corrected chi connectivity index (χ0v) is 18.8. The van der Waals surface area contributed by atoms with Crippen molar-refractivity contribution in [1.82, 2.24) is 19.7 Å². The van der Waals surface area contributed by atoms with E-state index in [0.29, 0.717) is 18.1 Å². The van der Waals surface area contributed by atoms with Crippen LogP contribution in [0.25, 0.3) is 11.0 Å². The number of pyridine rings is 1. The molecule has 0 saturated heterocycles. The van der Waals surface area contributed by atoms with E-state index in [1.54, 1.807) is 6.20 Å². The third-order valence-corrected chi connectivity index (χ3v) is 5.45. The Kier molecular flexibility index (Phi) is 6.23. The summed E-state index contributed by atoms with van der Waals surface area (Å²) in [4.78, 5) is 20.1. The fourth-order valence-electron chi connectivity index (χ4n) is 3.60. The number of anilines is 1. The van der Waals surface area contributed by atoms with Gasteiger partial charge in [-0.15, -0.1) is 0 Å². The van der Waals surface area contributed by atoms with Crippen LogP contribution in [0.4, 0.5) is 5.69 Å². The van der Waals surface area contributed by atoms with Crippen LogP contribution >= 0.6 is 0 Å². The van der Waals surface area contributed by atoms with E-state index in [2.05, 4.69) is 43.3 Å². The van der Waals surface area contributed by atoms with Crippen molar-refractivity contribution in [3.8, 4) is 5.75 Å². The molecule has 2 aromatic heterocycles. The first kappa shape index (κ1) is 21.3. The maximum Gasteiger partial charge on any atom is 0.256 e. The Hall–Kier alpha value is -2.93. The monoisotopic (exact) mass is 421 g/mol. The number of fused-ring (bicyclic) bond motifs is 1. The summed E-state index contributed by atoms with van der Waals surface area (Å²) in [5.74, 6) is 1.12. The average molecular weight is 422 g/mol. The van der Waals surface area contributed by atoms with Crippen molar-refractivity contribution in [2.45, 2.75) is 45.1 Å². The van der Waals surface area contributed by atoms with Crippen LogP contribution < -0.4 is 10.1 Å². The van der Waals surface area contributed by atoms with Crippen molar-refractivity contribution in [1.29, 1.82) is 0 Å². The molecule has 2 heterocycles. The van der Waals surface area contributed by atoms with Crippen LogP contribution in [0.2, 0.25) is 0 Å². The van der Waals surface area contributed by atoms with E-state index in [4.69, 9.17) is 9.72 Å². The summed E-state index contributed by atoms with van der Waals surface area (Å²) in [6, 6.07) is 9.64. The molecule has 7 nitrogen and oxygen atoms in total. The standard InChI is InChI=1S/C24H31N5O2/c1-16(2)29-23-21(15-25-29)20(14-22(27-23)17-6-7-17)24(30)26-18-8-10-19(11-9-18)31-13-5-12-28(3)4/h8-11,14-17H,5-7,12-13H2,1-4H3,(H,26,30). The zero-order chi connectivity index (χ0) is 22.0. The molecule has 7 heteroatoms. The summed E-state index contributed by atoms with van der Waals surface area (Å²) < 4.78 is 7.66. The summed E-state index contributed by atoms with van der Waals surface area (Å²) >= 11 is 0. The van der Waals surface area contributed by atoms with Gasteiger partial charge in [-0.05, 0) is 77.5 Å². The second-order valence-electron chi connectivity index (χ2n) is 8.77. The number of nitrogens with one attached hydrogen (secondary N) is 1. The summed E-state index contributed by atoms with van der Waals surface area (Å²) in [6.45, 7) is 5.80. The molecule has 0 atom stereocenters. The van der Waals surface area contributed by atoms with E-state index in [9.17, 15) is 4.79 Å². The van der Waals surface area contributed by atoms with Gasteiger partial charge in [-0.3, -0.25) is 4.79 Å². The highest BCUT2D eigenvalue weighted by Gasteiger charge is 2.28. The molecule has 3 aromatic rings. The second-order valence-corrected chi connectivity index (χ2v) is 8.77. The van der Waals surface area contributed by atoms with Gasteiger partial charge in [-0.1, -0.05) is 0 Å². The zero-order valence-electron chi connectivity index (χ0n) is 18.8. The minimum absolute atomic E-state index is 0.141. The fourth-order valence-corrected chi connectivity index (χ4v) is 3.60. The molecule has 1 aromatic carbocycles. The Balaban J connectivity index is 1.49. The average Bonchev–Trinajstić information content (AvgIpc) is 3.50. The quantitative estimate of drug-likeness (QED) is 0.516. The largest absolute Gasteiger partial charge is 0.494 e. The number of rotatable bonds is 9. The maximum atomic E-state index is 13.2. The van der Waals surface area contributed by atoms with E-state index in [0.717, 1.165) is 54.0 Å². The Morgan fingerprint density at radius 1 is 1.26 bits per heavy atom. The summed E-state index contributed by atoms with van der Waals surface area (Å²) in [6.07, 6.45) is 4.98. The molecule has 0 spiro atoms. The lowest BCUT2D eigenvalue weighted by Crippen LogP contribution is -2.15. The van der Waals surface area contributed by atoms with Gasteiger partial charge >= 0.3 is 0 Å². The van der Waals surface area contributed by atoms with E-state index in [1.807, 2.05) is 35.0 Å². The Labute approximate surface area is 183 Å². The fraction of sp³-hybridized carbons (Fsp3) is 0.458. The lowest BCUT2D eigenvalue weighted by Gasteiger charge is -2.12. The van der Waals surface area contributed by atoms with E-state index in [-0.39, 0.29) is 11.9 Å².